The molecule has 0 saturated carbocycles. The van der Waals surface area contributed by atoms with Crippen molar-refractivity contribution in [2.45, 2.75) is 12.0 Å². The molecule has 1 aliphatic heterocycles. The van der Waals surface area contributed by atoms with Crippen LogP contribution in [-0.4, -0.2) is 18.2 Å². The van der Waals surface area contributed by atoms with E-state index < -0.39 is 0 Å². The monoisotopic (exact) mass is 207 g/mol. The summed E-state index contributed by atoms with van der Waals surface area (Å²) in [5.41, 5.74) is 0.993. The summed E-state index contributed by atoms with van der Waals surface area (Å²) in [6.07, 6.45) is 4.81. The highest BCUT2D eigenvalue weighted by molar-refractivity contribution is 7.98. The SMILES string of the molecule is CSCC1(c2ccccc2)CC=NO1. The van der Waals surface area contributed by atoms with E-state index in [9.17, 15) is 0 Å². The van der Waals surface area contributed by atoms with E-state index in [0.717, 1.165) is 12.2 Å². The van der Waals surface area contributed by atoms with Crippen LogP contribution in [0.15, 0.2) is 35.5 Å². The van der Waals surface area contributed by atoms with Crippen LogP contribution in [-0.2, 0) is 10.4 Å². The van der Waals surface area contributed by atoms with Gasteiger partial charge in [-0.25, -0.2) is 0 Å². The Balaban J connectivity index is 2.28. The Morgan fingerprint density at radius 2 is 2.21 bits per heavy atom. The van der Waals surface area contributed by atoms with E-state index in [1.54, 1.807) is 11.8 Å². The molecule has 1 aromatic carbocycles. The van der Waals surface area contributed by atoms with Crippen molar-refractivity contribution in [1.82, 2.24) is 0 Å². The fourth-order valence-electron chi connectivity index (χ4n) is 1.67. The number of rotatable bonds is 3. The van der Waals surface area contributed by atoms with Crippen LogP contribution in [0, 0.1) is 0 Å². The van der Waals surface area contributed by atoms with E-state index in [2.05, 4.69) is 23.5 Å². The summed E-state index contributed by atoms with van der Waals surface area (Å²) < 4.78 is 0. The first kappa shape index (κ1) is 9.59. The topological polar surface area (TPSA) is 21.6 Å². The molecule has 1 aromatic rings. The minimum atomic E-state index is -0.222. The largest absolute Gasteiger partial charge is 0.383 e. The number of benzene rings is 1. The van der Waals surface area contributed by atoms with Crippen molar-refractivity contribution in [1.29, 1.82) is 0 Å². The second-order valence-electron chi connectivity index (χ2n) is 3.38. The van der Waals surface area contributed by atoms with Gasteiger partial charge in [0.2, 0.25) is 0 Å². The lowest BCUT2D eigenvalue weighted by molar-refractivity contribution is -0.00311. The van der Waals surface area contributed by atoms with Crippen molar-refractivity contribution in [3.8, 4) is 0 Å². The Labute approximate surface area is 88.3 Å². The van der Waals surface area contributed by atoms with Gasteiger partial charge >= 0.3 is 0 Å². The fraction of sp³-hybridized carbons (Fsp3) is 0.364. The Morgan fingerprint density at radius 3 is 2.79 bits per heavy atom. The van der Waals surface area contributed by atoms with E-state index in [1.807, 2.05) is 24.4 Å². The number of nitrogens with zero attached hydrogens (tertiary/aromatic N) is 1. The van der Waals surface area contributed by atoms with E-state index in [-0.39, 0.29) is 5.60 Å². The number of hydrogen-bond donors (Lipinski definition) is 0. The Hall–Kier alpha value is -0.960. The molecular weight excluding hydrogens is 194 g/mol. The summed E-state index contributed by atoms with van der Waals surface area (Å²) in [6, 6.07) is 10.3. The number of thioether (sulfide) groups is 1. The van der Waals surface area contributed by atoms with Crippen LogP contribution in [0.5, 0.6) is 0 Å². The third-order valence-corrected chi connectivity index (χ3v) is 3.16. The van der Waals surface area contributed by atoms with Crippen LogP contribution in [0.2, 0.25) is 0 Å². The highest BCUT2D eigenvalue weighted by atomic mass is 32.2. The molecule has 3 heteroatoms. The molecule has 0 aromatic heterocycles. The first-order valence-corrected chi connectivity index (χ1v) is 6.01. The molecule has 0 bridgehead atoms. The standard InChI is InChI=1S/C11H13NOS/c1-14-9-11(7-8-12-13-11)10-5-3-2-4-6-10/h2-6,8H,7,9H2,1H3. The van der Waals surface area contributed by atoms with Crippen molar-refractivity contribution in [3.05, 3.63) is 35.9 Å². The van der Waals surface area contributed by atoms with Gasteiger partial charge in [0.1, 0.15) is 0 Å². The highest BCUT2D eigenvalue weighted by Crippen LogP contribution is 2.35. The zero-order chi connectivity index (χ0) is 9.86. The zero-order valence-corrected chi connectivity index (χ0v) is 8.96. The lowest BCUT2D eigenvalue weighted by Crippen LogP contribution is -2.28. The van der Waals surface area contributed by atoms with Crippen LogP contribution in [0.4, 0.5) is 0 Å². The van der Waals surface area contributed by atoms with Crippen molar-refractivity contribution in [2.75, 3.05) is 12.0 Å². The zero-order valence-electron chi connectivity index (χ0n) is 8.14. The van der Waals surface area contributed by atoms with E-state index in [1.165, 1.54) is 5.56 Å². The lowest BCUT2D eigenvalue weighted by atomic mass is 9.93. The molecule has 1 atom stereocenters. The van der Waals surface area contributed by atoms with Gasteiger partial charge in [-0.1, -0.05) is 35.5 Å². The normalized spacial score (nSPS) is 24.9. The van der Waals surface area contributed by atoms with Crippen LogP contribution in [0.25, 0.3) is 0 Å². The molecule has 0 amide bonds. The van der Waals surface area contributed by atoms with Crippen molar-refractivity contribution < 1.29 is 4.84 Å². The quantitative estimate of drug-likeness (QED) is 0.760. The Kier molecular flexibility index (Phi) is 2.77. The second-order valence-corrected chi connectivity index (χ2v) is 4.24. The summed E-state index contributed by atoms with van der Waals surface area (Å²) in [5, 5.41) is 3.89. The average Bonchev–Trinajstić information content (AvgIpc) is 2.70. The molecule has 2 rings (SSSR count). The van der Waals surface area contributed by atoms with E-state index in [0.29, 0.717) is 0 Å². The second kappa shape index (κ2) is 4.05. The van der Waals surface area contributed by atoms with Gasteiger partial charge in [-0.2, -0.15) is 11.8 Å². The van der Waals surface area contributed by atoms with Crippen LogP contribution in [0.1, 0.15) is 12.0 Å². The molecule has 0 saturated heterocycles. The van der Waals surface area contributed by atoms with Gasteiger partial charge in [0, 0.05) is 18.4 Å². The maximum Gasteiger partial charge on any atom is 0.176 e. The fourth-order valence-corrected chi connectivity index (χ4v) is 2.48. The minimum Gasteiger partial charge on any atom is -0.383 e. The molecule has 2 nitrogen and oxygen atoms in total. The van der Waals surface area contributed by atoms with Crippen LogP contribution in [0.3, 0.4) is 0 Å². The van der Waals surface area contributed by atoms with Crippen molar-refractivity contribution >= 4 is 18.0 Å². The predicted octanol–water partition coefficient (Wildman–Crippen LogP) is 2.65. The summed E-state index contributed by atoms with van der Waals surface area (Å²) in [5.74, 6) is 0.941. The maximum absolute atomic E-state index is 5.52. The Bertz CT molecular complexity index is 315. The predicted molar refractivity (Wildman–Crippen MR) is 60.7 cm³/mol. The van der Waals surface area contributed by atoms with E-state index in [4.69, 9.17) is 4.84 Å². The lowest BCUT2D eigenvalue weighted by Gasteiger charge is -2.25. The van der Waals surface area contributed by atoms with Gasteiger partial charge in [-0.3, -0.25) is 0 Å². The number of hydrogen-bond acceptors (Lipinski definition) is 3. The molecule has 0 spiro atoms. The minimum absolute atomic E-state index is 0.222. The summed E-state index contributed by atoms with van der Waals surface area (Å²) in [6.45, 7) is 0. The third-order valence-electron chi connectivity index (χ3n) is 2.40. The van der Waals surface area contributed by atoms with Gasteiger partial charge in [0.05, 0.1) is 0 Å². The molecule has 1 aliphatic rings. The van der Waals surface area contributed by atoms with Gasteiger partial charge in [-0.15, -0.1) is 0 Å². The van der Waals surface area contributed by atoms with Crippen molar-refractivity contribution in [3.63, 3.8) is 0 Å². The molecule has 14 heavy (non-hydrogen) atoms. The molecule has 0 fully saturated rings. The third kappa shape index (κ3) is 1.64. The highest BCUT2D eigenvalue weighted by Gasteiger charge is 2.36. The van der Waals surface area contributed by atoms with E-state index >= 15 is 0 Å². The van der Waals surface area contributed by atoms with Gasteiger partial charge in [0.15, 0.2) is 5.60 Å². The number of oxime groups is 1. The summed E-state index contributed by atoms with van der Waals surface area (Å²) >= 11 is 1.79. The molecule has 1 heterocycles. The molecule has 1 unspecified atom stereocenters. The van der Waals surface area contributed by atoms with Crippen molar-refractivity contribution in [2.24, 2.45) is 5.16 Å². The van der Waals surface area contributed by atoms with Crippen LogP contribution < -0.4 is 0 Å². The summed E-state index contributed by atoms with van der Waals surface area (Å²) in [4.78, 5) is 5.52. The summed E-state index contributed by atoms with van der Waals surface area (Å²) in [7, 11) is 0. The maximum atomic E-state index is 5.52. The molecule has 0 aliphatic carbocycles. The molecule has 74 valence electrons. The average molecular weight is 207 g/mol. The molecular formula is C11H13NOS. The Morgan fingerprint density at radius 1 is 1.43 bits per heavy atom. The van der Waals surface area contributed by atoms with Gasteiger partial charge in [-0.05, 0) is 11.8 Å². The van der Waals surface area contributed by atoms with Gasteiger partial charge in [0.25, 0.3) is 0 Å². The van der Waals surface area contributed by atoms with Gasteiger partial charge < -0.3 is 4.84 Å². The molecule has 0 N–H and O–H groups in total. The molecule has 0 radical (unpaired) electrons. The first-order chi connectivity index (χ1) is 6.87. The smallest absolute Gasteiger partial charge is 0.176 e. The van der Waals surface area contributed by atoms with Crippen LogP contribution >= 0.6 is 11.8 Å². The first-order valence-electron chi connectivity index (χ1n) is 4.62.